The summed E-state index contributed by atoms with van der Waals surface area (Å²) >= 11 is 0. The largest absolute Gasteiger partial charge is 0.503 e. The SMILES string of the molecule is CC(=O)C1=C(O)C(=O)N(c2ccc(C)cc2F)C1C1CCCCC1. The monoisotopic (exact) mass is 331 g/mol. The van der Waals surface area contributed by atoms with E-state index in [4.69, 9.17) is 0 Å². The van der Waals surface area contributed by atoms with Crippen LogP contribution in [0, 0.1) is 18.7 Å². The Morgan fingerprint density at radius 2 is 1.92 bits per heavy atom. The van der Waals surface area contributed by atoms with Crippen LogP contribution in [-0.4, -0.2) is 22.8 Å². The molecule has 0 bridgehead atoms. The molecule has 0 aromatic heterocycles. The van der Waals surface area contributed by atoms with E-state index in [9.17, 15) is 19.1 Å². The first-order valence-corrected chi connectivity index (χ1v) is 8.45. The number of Topliss-reactive ketones (excluding diaryl/α,β-unsaturated/α-hetero) is 1. The second kappa shape index (κ2) is 6.38. The fourth-order valence-corrected chi connectivity index (χ4v) is 3.96. The van der Waals surface area contributed by atoms with E-state index < -0.39 is 23.5 Å². The van der Waals surface area contributed by atoms with Gasteiger partial charge in [-0.15, -0.1) is 0 Å². The lowest BCUT2D eigenvalue weighted by atomic mass is 9.80. The van der Waals surface area contributed by atoms with E-state index in [0.717, 1.165) is 37.7 Å². The number of rotatable bonds is 3. The van der Waals surface area contributed by atoms with Crippen molar-refractivity contribution in [1.82, 2.24) is 0 Å². The zero-order chi connectivity index (χ0) is 17.4. The molecule has 1 aliphatic carbocycles. The topological polar surface area (TPSA) is 57.6 Å². The highest BCUT2D eigenvalue weighted by molar-refractivity contribution is 6.16. The van der Waals surface area contributed by atoms with E-state index in [1.165, 1.54) is 17.9 Å². The van der Waals surface area contributed by atoms with Gasteiger partial charge in [-0.2, -0.15) is 0 Å². The lowest BCUT2D eigenvalue weighted by Gasteiger charge is -2.35. The molecule has 1 fully saturated rings. The molecule has 3 rings (SSSR count). The van der Waals surface area contributed by atoms with Crippen molar-refractivity contribution in [2.75, 3.05) is 4.90 Å². The molecule has 4 nitrogen and oxygen atoms in total. The normalized spacial score (nSPS) is 22.4. The van der Waals surface area contributed by atoms with E-state index in [-0.39, 0.29) is 23.0 Å². The first-order valence-electron chi connectivity index (χ1n) is 8.45. The van der Waals surface area contributed by atoms with Gasteiger partial charge < -0.3 is 5.11 Å². The van der Waals surface area contributed by atoms with E-state index in [1.807, 2.05) is 0 Å². The average molecular weight is 331 g/mol. The highest BCUT2D eigenvalue weighted by Gasteiger charge is 2.46. The predicted molar refractivity (Wildman–Crippen MR) is 89.3 cm³/mol. The number of aliphatic hydroxyl groups is 1. The molecule has 1 atom stereocenters. The summed E-state index contributed by atoms with van der Waals surface area (Å²) in [6, 6.07) is 4.07. The molecule has 1 N–H and O–H groups in total. The molecule has 2 aliphatic rings. The molecule has 1 aliphatic heterocycles. The van der Waals surface area contributed by atoms with E-state index >= 15 is 0 Å². The number of carbonyl (C=O) groups excluding carboxylic acids is 2. The maximum absolute atomic E-state index is 14.5. The first-order chi connectivity index (χ1) is 11.4. The zero-order valence-electron chi connectivity index (χ0n) is 14.0. The van der Waals surface area contributed by atoms with Gasteiger partial charge in [-0.25, -0.2) is 4.39 Å². The number of carbonyl (C=O) groups is 2. The Morgan fingerprint density at radius 1 is 1.25 bits per heavy atom. The third kappa shape index (κ3) is 2.72. The minimum atomic E-state index is -0.682. The molecule has 1 aromatic carbocycles. The molecule has 1 unspecified atom stereocenters. The molecule has 0 saturated heterocycles. The third-order valence-electron chi connectivity index (χ3n) is 5.09. The van der Waals surface area contributed by atoms with Gasteiger partial charge in [0.15, 0.2) is 11.5 Å². The predicted octanol–water partition coefficient (Wildman–Crippen LogP) is 3.83. The van der Waals surface area contributed by atoms with Crippen LogP contribution in [0.15, 0.2) is 29.5 Å². The van der Waals surface area contributed by atoms with Crippen LogP contribution in [0.3, 0.4) is 0 Å². The van der Waals surface area contributed by atoms with Crippen molar-refractivity contribution < 1.29 is 19.1 Å². The number of amides is 1. The van der Waals surface area contributed by atoms with E-state index in [0.29, 0.717) is 0 Å². The van der Waals surface area contributed by atoms with Crippen molar-refractivity contribution in [3.05, 3.63) is 40.9 Å². The maximum atomic E-state index is 14.5. The van der Waals surface area contributed by atoms with Crippen LogP contribution in [0.1, 0.15) is 44.6 Å². The summed E-state index contributed by atoms with van der Waals surface area (Å²) in [6.07, 6.45) is 4.90. The van der Waals surface area contributed by atoms with Gasteiger partial charge >= 0.3 is 0 Å². The molecule has 5 heteroatoms. The number of nitrogens with zero attached hydrogens (tertiary/aromatic N) is 1. The fraction of sp³-hybridized carbons (Fsp3) is 0.474. The Bertz CT molecular complexity index is 719. The molecular formula is C19H22FNO3. The number of aliphatic hydroxyl groups excluding tert-OH is 1. The summed E-state index contributed by atoms with van der Waals surface area (Å²) in [5.74, 6) is -1.99. The van der Waals surface area contributed by atoms with Gasteiger partial charge in [-0.3, -0.25) is 14.5 Å². The Balaban J connectivity index is 2.09. The van der Waals surface area contributed by atoms with Gasteiger partial charge in [0.1, 0.15) is 5.82 Å². The highest BCUT2D eigenvalue weighted by Crippen LogP contribution is 2.41. The van der Waals surface area contributed by atoms with Gasteiger partial charge in [0.25, 0.3) is 5.91 Å². The summed E-state index contributed by atoms with van der Waals surface area (Å²) in [4.78, 5) is 26.0. The lowest BCUT2D eigenvalue weighted by molar-refractivity contribution is -0.117. The Hall–Kier alpha value is -2.17. The smallest absolute Gasteiger partial charge is 0.294 e. The van der Waals surface area contributed by atoms with Gasteiger partial charge in [-0.1, -0.05) is 25.3 Å². The molecular weight excluding hydrogens is 309 g/mol. The molecule has 0 radical (unpaired) electrons. The van der Waals surface area contributed by atoms with Crippen molar-refractivity contribution in [3.63, 3.8) is 0 Å². The summed E-state index contributed by atoms with van der Waals surface area (Å²) in [7, 11) is 0. The summed E-state index contributed by atoms with van der Waals surface area (Å²) in [5, 5.41) is 10.3. The van der Waals surface area contributed by atoms with Gasteiger partial charge in [0, 0.05) is 0 Å². The minimum absolute atomic E-state index is 0.0620. The highest BCUT2D eigenvalue weighted by atomic mass is 19.1. The number of aryl methyl sites for hydroxylation is 1. The molecule has 1 aromatic rings. The summed E-state index contributed by atoms with van der Waals surface area (Å²) in [5.41, 5.74) is 1.01. The summed E-state index contributed by atoms with van der Waals surface area (Å²) < 4.78 is 14.5. The van der Waals surface area contributed by atoms with Crippen LogP contribution in [0.4, 0.5) is 10.1 Å². The first kappa shape index (κ1) is 16.7. The third-order valence-corrected chi connectivity index (χ3v) is 5.09. The van der Waals surface area contributed by atoms with Crippen LogP contribution in [0.25, 0.3) is 0 Å². The second-order valence-electron chi connectivity index (χ2n) is 6.79. The number of ketones is 1. The van der Waals surface area contributed by atoms with Crippen molar-refractivity contribution in [1.29, 1.82) is 0 Å². The number of benzene rings is 1. The van der Waals surface area contributed by atoms with Gasteiger partial charge in [-0.05, 0) is 50.3 Å². The molecule has 128 valence electrons. The minimum Gasteiger partial charge on any atom is -0.503 e. The number of halogens is 1. The standard InChI is InChI=1S/C19H22FNO3/c1-11-8-9-15(14(20)10-11)21-17(13-6-4-3-5-7-13)16(12(2)22)18(23)19(21)24/h8-10,13,17,23H,3-7H2,1-2H3. The molecule has 1 amide bonds. The molecule has 1 heterocycles. The van der Waals surface area contributed by atoms with E-state index in [2.05, 4.69) is 0 Å². The Labute approximate surface area is 141 Å². The number of anilines is 1. The fourth-order valence-electron chi connectivity index (χ4n) is 3.96. The van der Waals surface area contributed by atoms with Crippen molar-refractivity contribution in [3.8, 4) is 0 Å². The maximum Gasteiger partial charge on any atom is 0.294 e. The van der Waals surface area contributed by atoms with Crippen LogP contribution >= 0.6 is 0 Å². The zero-order valence-corrected chi connectivity index (χ0v) is 14.0. The summed E-state index contributed by atoms with van der Waals surface area (Å²) in [6.45, 7) is 3.12. The molecule has 1 saturated carbocycles. The van der Waals surface area contributed by atoms with Gasteiger partial charge in [0.05, 0.1) is 17.3 Å². The van der Waals surface area contributed by atoms with Crippen LogP contribution < -0.4 is 4.90 Å². The number of hydrogen-bond acceptors (Lipinski definition) is 3. The Kier molecular flexibility index (Phi) is 4.43. The quantitative estimate of drug-likeness (QED) is 0.916. The van der Waals surface area contributed by atoms with Crippen LogP contribution in [0.5, 0.6) is 0 Å². The van der Waals surface area contributed by atoms with Crippen molar-refractivity contribution in [2.45, 2.75) is 52.0 Å². The van der Waals surface area contributed by atoms with Crippen molar-refractivity contribution >= 4 is 17.4 Å². The average Bonchev–Trinajstić information content (AvgIpc) is 2.81. The van der Waals surface area contributed by atoms with Crippen LogP contribution in [0.2, 0.25) is 0 Å². The lowest BCUT2D eigenvalue weighted by Crippen LogP contribution is -2.43. The van der Waals surface area contributed by atoms with Crippen molar-refractivity contribution in [2.24, 2.45) is 5.92 Å². The molecule has 0 spiro atoms. The van der Waals surface area contributed by atoms with Crippen LogP contribution in [-0.2, 0) is 9.59 Å². The molecule has 24 heavy (non-hydrogen) atoms. The second-order valence-corrected chi connectivity index (χ2v) is 6.79. The van der Waals surface area contributed by atoms with E-state index in [1.54, 1.807) is 19.1 Å². The Morgan fingerprint density at radius 3 is 2.50 bits per heavy atom. The number of hydrogen-bond donors (Lipinski definition) is 1. The van der Waals surface area contributed by atoms with Gasteiger partial charge in [0.2, 0.25) is 0 Å².